The summed E-state index contributed by atoms with van der Waals surface area (Å²) in [6.45, 7) is 6.03. The van der Waals surface area contributed by atoms with Gasteiger partial charge in [0.1, 0.15) is 6.54 Å². The third-order valence-electron chi connectivity index (χ3n) is 5.00. The van der Waals surface area contributed by atoms with E-state index in [2.05, 4.69) is 18.5 Å². The molecule has 0 heterocycles. The number of unbranched alkanes of at least 4 members (excludes halogenated alkanes) is 3. The highest BCUT2D eigenvalue weighted by Crippen LogP contribution is 2.26. The first-order valence-corrected chi connectivity index (χ1v) is 11.7. The molecular weight excluding hydrogens is 368 g/mol. The number of carboxylic acid groups (broad SMARTS) is 1. The van der Waals surface area contributed by atoms with Gasteiger partial charge in [-0.2, -0.15) is 4.31 Å². The number of ether oxygens (including phenoxy) is 1. The summed E-state index contributed by atoms with van der Waals surface area (Å²) in [5, 5.41) is 8.95. The summed E-state index contributed by atoms with van der Waals surface area (Å²) in [5.74, 6) is -1.12. The lowest BCUT2D eigenvalue weighted by atomic mass is 9.93. The largest absolute Gasteiger partial charge is 0.480 e. The molecule has 1 rings (SSSR count). The minimum atomic E-state index is -3.51. The van der Waals surface area contributed by atoms with Crippen molar-refractivity contribution in [1.82, 2.24) is 9.21 Å². The average molecular weight is 405 g/mol. The van der Waals surface area contributed by atoms with Gasteiger partial charge in [0.15, 0.2) is 0 Å². The number of likely N-dealkylation sites (N-methyl/N-ethyl adjacent to an activating group) is 1. The first kappa shape index (κ1) is 24.1. The maximum atomic E-state index is 11.8. The number of carboxylic acids is 1. The predicted molar refractivity (Wildman–Crippen MR) is 107 cm³/mol. The fourth-order valence-corrected chi connectivity index (χ4v) is 4.65. The van der Waals surface area contributed by atoms with E-state index in [1.807, 2.05) is 6.08 Å². The molecule has 7 nitrogen and oxygen atoms in total. The molecule has 27 heavy (non-hydrogen) atoms. The molecule has 1 N–H and O–H groups in total. The molecular formula is C19H36N2O5S. The van der Waals surface area contributed by atoms with E-state index in [9.17, 15) is 13.2 Å². The number of hydrogen-bond donors (Lipinski definition) is 1. The van der Waals surface area contributed by atoms with E-state index in [0.717, 1.165) is 55.9 Å². The number of carbonyl (C=O) groups is 1. The molecule has 8 heteroatoms. The van der Waals surface area contributed by atoms with Crippen LogP contribution in [0.2, 0.25) is 0 Å². The summed E-state index contributed by atoms with van der Waals surface area (Å²) in [6.07, 6.45) is 10.6. The topological polar surface area (TPSA) is 87.2 Å². The molecule has 0 unspecified atom stereocenters. The Kier molecular flexibility index (Phi) is 11.1. The van der Waals surface area contributed by atoms with Crippen LogP contribution in [0.25, 0.3) is 0 Å². The van der Waals surface area contributed by atoms with Crippen molar-refractivity contribution in [2.45, 2.75) is 63.5 Å². The Hall–Kier alpha value is -0.960. The number of nitrogens with zero attached hydrogens (tertiary/aromatic N) is 2. The minimum Gasteiger partial charge on any atom is -0.480 e. The lowest BCUT2D eigenvalue weighted by Crippen LogP contribution is -2.45. The molecule has 1 saturated carbocycles. The zero-order chi connectivity index (χ0) is 20.3. The van der Waals surface area contributed by atoms with Crippen LogP contribution >= 0.6 is 0 Å². The average Bonchev–Trinajstić information content (AvgIpc) is 2.59. The molecule has 0 atom stereocenters. The van der Waals surface area contributed by atoms with Gasteiger partial charge < -0.3 is 14.7 Å². The summed E-state index contributed by atoms with van der Waals surface area (Å²) >= 11 is 0. The van der Waals surface area contributed by atoms with Crippen molar-refractivity contribution in [2.24, 2.45) is 0 Å². The maximum Gasteiger partial charge on any atom is 0.318 e. The first-order chi connectivity index (χ1) is 12.7. The van der Waals surface area contributed by atoms with E-state index in [4.69, 9.17) is 9.84 Å². The van der Waals surface area contributed by atoms with Crippen LogP contribution in [0.4, 0.5) is 0 Å². The summed E-state index contributed by atoms with van der Waals surface area (Å²) in [4.78, 5) is 13.2. The monoisotopic (exact) mass is 404 g/mol. The van der Waals surface area contributed by atoms with Crippen LogP contribution in [-0.2, 0) is 19.6 Å². The second kappa shape index (κ2) is 12.5. The lowest BCUT2D eigenvalue weighted by Gasteiger charge is -2.34. The van der Waals surface area contributed by atoms with E-state index in [-0.39, 0.29) is 12.1 Å². The second-order valence-electron chi connectivity index (χ2n) is 7.47. The Labute approximate surface area is 164 Å². The molecule has 0 bridgehead atoms. The first-order valence-electron chi connectivity index (χ1n) is 9.83. The van der Waals surface area contributed by atoms with Crippen molar-refractivity contribution < 1.29 is 23.1 Å². The van der Waals surface area contributed by atoms with Crippen molar-refractivity contribution in [3.8, 4) is 0 Å². The molecule has 158 valence electrons. The van der Waals surface area contributed by atoms with E-state index >= 15 is 0 Å². The Bertz CT molecular complexity index is 544. The van der Waals surface area contributed by atoms with E-state index in [1.54, 1.807) is 0 Å². The van der Waals surface area contributed by atoms with E-state index in [0.29, 0.717) is 12.8 Å². The molecule has 1 fully saturated rings. The second-order valence-corrected chi connectivity index (χ2v) is 9.40. The van der Waals surface area contributed by atoms with Gasteiger partial charge in [-0.3, -0.25) is 4.79 Å². The van der Waals surface area contributed by atoms with E-state index < -0.39 is 22.5 Å². The zero-order valence-electron chi connectivity index (χ0n) is 16.8. The number of rotatable bonds is 14. The van der Waals surface area contributed by atoms with Gasteiger partial charge in [-0.15, -0.1) is 6.58 Å². The highest BCUT2D eigenvalue weighted by Gasteiger charge is 2.32. The van der Waals surface area contributed by atoms with Gasteiger partial charge in [-0.05, 0) is 52.1 Å². The number of aliphatic carboxylic acids is 1. The molecule has 1 aliphatic carbocycles. The van der Waals surface area contributed by atoms with Gasteiger partial charge in [0.2, 0.25) is 10.0 Å². The number of sulfonamides is 1. The molecule has 0 aliphatic heterocycles. The Balaban J connectivity index is 2.18. The molecule has 0 aromatic carbocycles. The van der Waals surface area contributed by atoms with Crippen molar-refractivity contribution >= 4 is 16.0 Å². The third-order valence-corrected chi connectivity index (χ3v) is 6.28. The quantitative estimate of drug-likeness (QED) is 0.353. The van der Waals surface area contributed by atoms with Gasteiger partial charge in [0.25, 0.3) is 0 Å². The molecule has 0 aromatic rings. The minimum absolute atomic E-state index is 0.159. The molecule has 1 aliphatic rings. The SMILES string of the molecule is C=CCN(C)CCCCCCOC1CCC(N(CC(=O)O)S(C)(=O)=O)CC1. The molecule has 0 aromatic heterocycles. The molecule has 0 radical (unpaired) electrons. The van der Waals surface area contributed by atoms with E-state index in [1.165, 1.54) is 12.8 Å². The van der Waals surface area contributed by atoms with Crippen LogP contribution in [-0.4, -0.2) is 80.4 Å². The zero-order valence-corrected chi connectivity index (χ0v) is 17.6. The molecule has 0 amide bonds. The van der Waals surface area contributed by atoms with Gasteiger partial charge in [0, 0.05) is 19.2 Å². The normalized spacial score (nSPS) is 20.9. The van der Waals surface area contributed by atoms with Crippen molar-refractivity contribution in [2.75, 3.05) is 39.5 Å². The molecule has 0 spiro atoms. The highest BCUT2D eigenvalue weighted by atomic mass is 32.2. The fourth-order valence-electron chi connectivity index (χ4n) is 3.55. The van der Waals surface area contributed by atoms with Crippen LogP contribution in [0.15, 0.2) is 12.7 Å². The van der Waals surface area contributed by atoms with Crippen LogP contribution in [0, 0.1) is 0 Å². The highest BCUT2D eigenvalue weighted by molar-refractivity contribution is 7.88. The lowest BCUT2D eigenvalue weighted by molar-refractivity contribution is -0.137. The smallest absolute Gasteiger partial charge is 0.318 e. The van der Waals surface area contributed by atoms with Crippen LogP contribution in [0.5, 0.6) is 0 Å². The van der Waals surface area contributed by atoms with Crippen molar-refractivity contribution in [3.05, 3.63) is 12.7 Å². The summed E-state index contributed by atoms with van der Waals surface area (Å²) < 4.78 is 30.7. The Morgan fingerprint density at radius 2 is 1.81 bits per heavy atom. The Morgan fingerprint density at radius 3 is 2.37 bits per heavy atom. The third kappa shape index (κ3) is 10.2. The number of hydrogen-bond acceptors (Lipinski definition) is 5. The predicted octanol–water partition coefficient (Wildman–Crippen LogP) is 2.34. The molecule has 0 saturated heterocycles. The van der Waals surface area contributed by atoms with Gasteiger partial charge in [-0.1, -0.05) is 18.9 Å². The van der Waals surface area contributed by atoms with Crippen LogP contribution in [0.3, 0.4) is 0 Å². The van der Waals surface area contributed by atoms with Gasteiger partial charge >= 0.3 is 5.97 Å². The standard InChI is InChI=1S/C19H36N2O5S/c1-4-13-20(2)14-7-5-6-8-15-26-18-11-9-17(10-12-18)21(16-19(22)23)27(3,24)25/h4,17-18H,1,5-16H2,2-3H3,(H,22,23). The van der Waals surface area contributed by atoms with Gasteiger partial charge in [-0.25, -0.2) is 8.42 Å². The summed E-state index contributed by atoms with van der Waals surface area (Å²) in [7, 11) is -1.41. The van der Waals surface area contributed by atoms with Crippen molar-refractivity contribution in [3.63, 3.8) is 0 Å². The summed E-state index contributed by atoms with van der Waals surface area (Å²) in [6, 6.07) is -0.233. The van der Waals surface area contributed by atoms with Crippen LogP contribution in [0.1, 0.15) is 51.4 Å². The van der Waals surface area contributed by atoms with Gasteiger partial charge in [0.05, 0.1) is 12.4 Å². The Morgan fingerprint density at radius 1 is 1.19 bits per heavy atom. The van der Waals surface area contributed by atoms with Crippen molar-refractivity contribution in [1.29, 1.82) is 0 Å². The fraction of sp³-hybridized carbons (Fsp3) is 0.842. The summed E-state index contributed by atoms with van der Waals surface area (Å²) in [5.41, 5.74) is 0. The maximum absolute atomic E-state index is 11.8. The van der Waals surface area contributed by atoms with Crippen LogP contribution < -0.4 is 0 Å².